The van der Waals surface area contributed by atoms with Gasteiger partial charge in [-0.1, -0.05) is 24.6 Å². The molecule has 0 atom stereocenters. The Hall–Kier alpha value is -2.53. The Kier molecular flexibility index (Phi) is 7.97. The van der Waals surface area contributed by atoms with Crippen molar-refractivity contribution in [1.29, 1.82) is 0 Å². The number of carbonyl (C=O) groups excluding carboxylic acids is 1. The number of pyridine rings is 1. The third-order valence-electron chi connectivity index (χ3n) is 6.38. The highest BCUT2D eigenvalue weighted by atomic mass is 16.5. The molecule has 2 aliphatic heterocycles. The molecule has 2 aliphatic rings. The second-order valence-corrected chi connectivity index (χ2v) is 8.67. The van der Waals surface area contributed by atoms with Crippen molar-refractivity contribution in [3.63, 3.8) is 0 Å². The molecule has 1 amide bonds. The minimum absolute atomic E-state index is 0.117. The topological polar surface area (TPSA) is 54.8 Å². The summed E-state index contributed by atoms with van der Waals surface area (Å²) in [6, 6.07) is 6.30. The highest BCUT2D eigenvalue weighted by Crippen LogP contribution is 2.27. The van der Waals surface area contributed by atoms with Crippen molar-refractivity contribution in [2.45, 2.75) is 47.0 Å². The number of ether oxygens (including phenoxy) is 1. The largest absolute Gasteiger partial charge is 0.381 e. The van der Waals surface area contributed by atoms with Gasteiger partial charge in [-0.3, -0.25) is 14.8 Å². The molecule has 1 saturated heterocycles. The first kappa shape index (κ1) is 23.1. The van der Waals surface area contributed by atoms with E-state index >= 15 is 0 Å². The molecule has 2 aromatic rings. The van der Waals surface area contributed by atoms with Crippen LogP contribution in [-0.2, 0) is 9.53 Å². The molecule has 0 radical (unpaired) electrons. The fourth-order valence-corrected chi connectivity index (χ4v) is 4.18. The smallest absolute Gasteiger partial charge is 0.219 e. The van der Waals surface area contributed by atoms with Crippen molar-refractivity contribution in [2.24, 2.45) is 10.9 Å². The number of benzene rings is 1. The van der Waals surface area contributed by atoms with E-state index in [0.717, 1.165) is 54.3 Å². The first-order valence-corrected chi connectivity index (χ1v) is 11.2. The Balaban J connectivity index is 0.000000330. The molecule has 31 heavy (non-hydrogen) atoms. The van der Waals surface area contributed by atoms with E-state index in [1.54, 1.807) is 6.92 Å². The zero-order valence-corrected chi connectivity index (χ0v) is 19.6. The van der Waals surface area contributed by atoms with Gasteiger partial charge in [-0.15, -0.1) is 0 Å². The molecule has 0 spiro atoms. The third kappa shape index (κ3) is 5.59. The van der Waals surface area contributed by atoms with Crippen LogP contribution in [0.1, 0.15) is 51.2 Å². The molecule has 3 heterocycles. The Labute approximate surface area is 186 Å². The quantitative estimate of drug-likeness (QED) is 0.644. The van der Waals surface area contributed by atoms with Crippen molar-refractivity contribution in [2.75, 3.05) is 33.4 Å². The maximum Gasteiger partial charge on any atom is 0.219 e. The standard InChI is InChI=1S/C20H23N3O.C6H12O/c1-13-5-6-17(18-11-22-9-7-16(13)18)20(21-4)19-12-23(15(3)24)10-8-14(19)2;1-6-2-4-7-5-3-6/h5-7,9,11H,8,10,12H2,1-4H3;6H,2-5H2,1H3. The predicted octanol–water partition coefficient (Wildman–Crippen LogP) is 4.96. The van der Waals surface area contributed by atoms with Gasteiger partial charge in [0.05, 0.1) is 5.71 Å². The minimum Gasteiger partial charge on any atom is -0.381 e. The number of hydrogen-bond acceptors (Lipinski definition) is 4. The van der Waals surface area contributed by atoms with Crippen LogP contribution in [0.4, 0.5) is 0 Å². The molecule has 5 heteroatoms. The molecule has 0 aliphatic carbocycles. The number of rotatable bonds is 2. The number of fused-ring (bicyclic) bond motifs is 1. The highest BCUT2D eigenvalue weighted by molar-refractivity contribution is 6.20. The molecule has 0 saturated carbocycles. The minimum atomic E-state index is 0.117. The average Bonchev–Trinajstić information content (AvgIpc) is 2.78. The molecule has 0 unspecified atom stereocenters. The lowest BCUT2D eigenvalue weighted by atomic mass is 9.90. The molecular formula is C26H35N3O2. The van der Waals surface area contributed by atoms with Crippen molar-refractivity contribution in [1.82, 2.24) is 9.88 Å². The summed E-state index contributed by atoms with van der Waals surface area (Å²) < 4.78 is 5.14. The van der Waals surface area contributed by atoms with Crippen LogP contribution in [0.2, 0.25) is 0 Å². The SMILES string of the molecule is CC1CCOCC1.CN=C(C1=C(C)CCN(C(C)=O)C1)c1ccc(C)c2ccncc12. The van der Waals surface area contributed by atoms with Crippen molar-refractivity contribution >= 4 is 22.4 Å². The van der Waals surface area contributed by atoms with Crippen LogP contribution in [0.3, 0.4) is 0 Å². The molecule has 5 nitrogen and oxygen atoms in total. The van der Waals surface area contributed by atoms with Crippen LogP contribution >= 0.6 is 0 Å². The predicted molar refractivity (Wildman–Crippen MR) is 128 cm³/mol. The maximum atomic E-state index is 11.8. The summed E-state index contributed by atoms with van der Waals surface area (Å²) in [5, 5.41) is 2.31. The zero-order valence-electron chi connectivity index (χ0n) is 19.6. The van der Waals surface area contributed by atoms with Crippen LogP contribution in [0.5, 0.6) is 0 Å². The van der Waals surface area contributed by atoms with Crippen LogP contribution in [0.15, 0.2) is 46.7 Å². The monoisotopic (exact) mass is 421 g/mol. The van der Waals surface area contributed by atoms with Gasteiger partial charge < -0.3 is 9.64 Å². The summed E-state index contributed by atoms with van der Waals surface area (Å²) in [7, 11) is 1.82. The first-order chi connectivity index (χ1) is 14.9. The fourth-order valence-electron chi connectivity index (χ4n) is 4.18. The van der Waals surface area contributed by atoms with E-state index in [1.165, 1.54) is 29.4 Å². The fraction of sp³-hybridized carbons (Fsp3) is 0.500. The maximum absolute atomic E-state index is 11.8. The van der Waals surface area contributed by atoms with Gasteiger partial charge >= 0.3 is 0 Å². The van der Waals surface area contributed by atoms with Crippen LogP contribution in [0, 0.1) is 12.8 Å². The molecule has 4 rings (SSSR count). The van der Waals surface area contributed by atoms with Gasteiger partial charge in [0, 0.05) is 63.6 Å². The lowest BCUT2D eigenvalue weighted by molar-refractivity contribution is -0.128. The van der Waals surface area contributed by atoms with Crippen LogP contribution in [0.25, 0.3) is 10.8 Å². The molecule has 1 fully saturated rings. The van der Waals surface area contributed by atoms with Gasteiger partial charge in [-0.05, 0) is 61.6 Å². The Morgan fingerprint density at radius 3 is 2.52 bits per heavy atom. The molecule has 0 bridgehead atoms. The van der Waals surface area contributed by atoms with E-state index in [1.807, 2.05) is 30.4 Å². The highest BCUT2D eigenvalue weighted by Gasteiger charge is 2.23. The Morgan fingerprint density at radius 1 is 1.16 bits per heavy atom. The Bertz CT molecular complexity index is 987. The zero-order chi connectivity index (χ0) is 22.4. The number of aromatic nitrogens is 1. The van der Waals surface area contributed by atoms with Crippen molar-refractivity contribution in [3.05, 3.63) is 52.9 Å². The van der Waals surface area contributed by atoms with Gasteiger partial charge in [-0.2, -0.15) is 0 Å². The van der Waals surface area contributed by atoms with Crippen LogP contribution < -0.4 is 0 Å². The third-order valence-corrected chi connectivity index (χ3v) is 6.38. The van der Waals surface area contributed by atoms with Crippen molar-refractivity contribution < 1.29 is 9.53 Å². The molecule has 166 valence electrons. The molecule has 0 N–H and O–H groups in total. The molecular weight excluding hydrogens is 386 g/mol. The molecule has 1 aromatic carbocycles. The number of amides is 1. The van der Waals surface area contributed by atoms with E-state index in [9.17, 15) is 4.79 Å². The molecule has 1 aromatic heterocycles. The second kappa shape index (κ2) is 10.7. The van der Waals surface area contributed by atoms with E-state index in [2.05, 4.69) is 42.9 Å². The lowest BCUT2D eigenvalue weighted by Crippen LogP contribution is -2.37. The first-order valence-electron chi connectivity index (χ1n) is 11.2. The van der Waals surface area contributed by atoms with Gasteiger partial charge in [0.25, 0.3) is 0 Å². The summed E-state index contributed by atoms with van der Waals surface area (Å²) in [6.45, 7) is 11.6. The summed E-state index contributed by atoms with van der Waals surface area (Å²) >= 11 is 0. The number of nitrogens with zero attached hydrogens (tertiary/aromatic N) is 3. The number of hydrogen-bond donors (Lipinski definition) is 0. The summed E-state index contributed by atoms with van der Waals surface area (Å²) in [4.78, 5) is 22.6. The van der Waals surface area contributed by atoms with Crippen molar-refractivity contribution in [3.8, 4) is 0 Å². The number of aliphatic imine (C=N–C) groups is 1. The van der Waals surface area contributed by atoms with E-state index in [0.29, 0.717) is 6.54 Å². The van der Waals surface area contributed by atoms with Crippen LogP contribution in [-0.4, -0.2) is 54.9 Å². The Morgan fingerprint density at radius 2 is 1.90 bits per heavy atom. The van der Waals surface area contributed by atoms with Gasteiger partial charge in [-0.25, -0.2) is 0 Å². The lowest BCUT2D eigenvalue weighted by Gasteiger charge is -2.30. The normalized spacial score (nSPS) is 18.1. The average molecular weight is 422 g/mol. The van der Waals surface area contributed by atoms with E-state index in [4.69, 9.17) is 4.74 Å². The van der Waals surface area contributed by atoms with E-state index < -0.39 is 0 Å². The number of aryl methyl sites for hydroxylation is 1. The van der Waals surface area contributed by atoms with Gasteiger partial charge in [0.1, 0.15) is 0 Å². The number of carbonyl (C=O) groups is 1. The van der Waals surface area contributed by atoms with Gasteiger partial charge in [0.2, 0.25) is 5.91 Å². The summed E-state index contributed by atoms with van der Waals surface area (Å²) in [5.74, 6) is 1.03. The second-order valence-electron chi connectivity index (χ2n) is 8.67. The summed E-state index contributed by atoms with van der Waals surface area (Å²) in [6.07, 6.45) is 7.16. The van der Waals surface area contributed by atoms with Gasteiger partial charge in [0.15, 0.2) is 0 Å². The van der Waals surface area contributed by atoms with E-state index in [-0.39, 0.29) is 5.91 Å². The summed E-state index contributed by atoms with van der Waals surface area (Å²) in [5.41, 5.74) is 5.76.